The van der Waals surface area contributed by atoms with Crippen LogP contribution in [0.4, 0.5) is 13.2 Å². The van der Waals surface area contributed by atoms with Gasteiger partial charge in [0.25, 0.3) is 0 Å². The van der Waals surface area contributed by atoms with Crippen LogP contribution in [0.2, 0.25) is 0 Å². The lowest BCUT2D eigenvalue weighted by atomic mass is 10.1. The third kappa shape index (κ3) is 6.28. The Morgan fingerprint density at radius 2 is 1.95 bits per heavy atom. The van der Waals surface area contributed by atoms with E-state index in [-0.39, 0.29) is 18.5 Å². The molecule has 2 atom stereocenters. The van der Waals surface area contributed by atoms with Gasteiger partial charge in [0.1, 0.15) is 5.75 Å². The molecule has 0 aliphatic heterocycles. The molecule has 2 nitrogen and oxygen atoms in total. The molecular formula is C15H22F3NO. The van der Waals surface area contributed by atoms with E-state index >= 15 is 0 Å². The highest BCUT2D eigenvalue weighted by Gasteiger charge is 2.26. The lowest BCUT2D eigenvalue weighted by Crippen LogP contribution is -2.29. The van der Waals surface area contributed by atoms with Crippen LogP contribution in [0.1, 0.15) is 44.7 Å². The van der Waals surface area contributed by atoms with E-state index in [1.54, 1.807) is 7.11 Å². The van der Waals surface area contributed by atoms with E-state index in [1.807, 2.05) is 38.1 Å². The summed E-state index contributed by atoms with van der Waals surface area (Å²) in [4.78, 5) is 0. The quantitative estimate of drug-likeness (QED) is 0.799. The fraction of sp³-hybridized carbons (Fsp3) is 0.600. The van der Waals surface area contributed by atoms with Gasteiger partial charge < -0.3 is 10.1 Å². The van der Waals surface area contributed by atoms with Crippen LogP contribution < -0.4 is 10.1 Å². The zero-order chi connectivity index (χ0) is 15.2. The third-order valence-electron chi connectivity index (χ3n) is 3.23. The van der Waals surface area contributed by atoms with Gasteiger partial charge in [0, 0.05) is 18.5 Å². The summed E-state index contributed by atoms with van der Waals surface area (Å²) in [5.41, 5.74) is 1.06. The number of alkyl halides is 3. The standard InChI is InChI=1S/C15H22F3NO/c1-11(6-5-9-15(16,17)18)19-12(2)13-7-4-8-14(10-13)20-3/h4,7-8,10-12,19H,5-6,9H2,1-3H3/t11?,12-/m0/s1. The maximum absolute atomic E-state index is 12.1. The molecule has 0 fully saturated rings. The maximum atomic E-state index is 12.1. The van der Waals surface area contributed by atoms with E-state index in [9.17, 15) is 13.2 Å². The minimum atomic E-state index is -4.06. The summed E-state index contributed by atoms with van der Waals surface area (Å²) in [7, 11) is 1.61. The minimum absolute atomic E-state index is 0.0403. The summed E-state index contributed by atoms with van der Waals surface area (Å²) in [6.45, 7) is 3.90. The predicted octanol–water partition coefficient (Wildman–Crippen LogP) is 4.47. The lowest BCUT2D eigenvalue weighted by molar-refractivity contribution is -0.135. The highest BCUT2D eigenvalue weighted by molar-refractivity contribution is 5.30. The summed E-state index contributed by atoms with van der Waals surface area (Å²) in [6, 6.07) is 7.79. The number of benzene rings is 1. The molecule has 0 heterocycles. The van der Waals surface area contributed by atoms with Crippen molar-refractivity contribution >= 4 is 0 Å². The first kappa shape index (κ1) is 16.8. The first-order chi connectivity index (χ1) is 9.31. The van der Waals surface area contributed by atoms with Crippen molar-refractivity contribution in [1.82, 2.24) is 5.32 Å². The SMILES string of the molecule is COc1cccc([C@H](C)NC(C)CCCC(F)(F)F)c1. The normalized spacial score (nSPS) is 14.9. The van der Waals surface area contributed by atoms with Gasteiger partial charge in [-0.2, -0.15) is 13.2 Å². The Balaban J connectivity index is 2.42. The van der Waals surface area contributed by atoms with E-state index in [2.05, 4.69) is 5.32 Å². The summed E-state index contributed by atoms with van der Waals surface area (Å²) in [6.07, 6.45) is -4.11. The molecule has 0 aliphatic rings. The van der Waals surface area contributed by atoms with Crippen molar-refractivity contribution in [3.63, 3.8) is 0 Å². The Morgan fingerprint density at radius 1 is 1.25 bits per heavy atom. The largest absolute Gasteiger partial charge is 0.497 e. The van der Waals surface area contributed by atoms with Gasteiger partial charge in [-0.25, -0.2) is 0 Å². The zero-order valence-corrected chi connectivity index (χ0v) is 12.1. The van der Waals surface area contributed by atoms with Crippen molar-refractivity contribution in [3.05, 3.63) is 29.8 Å². The Bertz CT molecular complexity index is 406. The number of rotatable bonds is 7. The van der Waals surface area contributed by atoms with Crippen LogP contribution in [-0.4, -0.2) is 19.3 Å². The second kappa shape index (κ2) is 7.53. The molecular weight excluding hydrogens is 267 g/mol. The maximum Gasteiger partial charge on any atom is 0.389 e. The van der Waals surface area contributed by atoms with E-state index in [1.165, 1.54) is 0 Å². The van der Waals surface area contributed by atoms with Crippen LogP contribution in [0.3, 0.4) is 0 Å². The first-order valence-corrected chi connectivity index (χ1v) is 6.78. The van der Waals surface area contributed by atoms with E-state index < -0.39 is 12.6 Å². The molecule has 1 rings (SSSR count). The van der Waals surface area contributed by atoms with Gasteiger partial charge in [0.2, 0.25) is 0 Å². The minimum Gasteiger partial charge on any atom is -0.497 e. The fourth-order valence-electron chi connectivity index (χ4n) is 2.13. The van der Waals surface area contributed by atoms with Crippen molar-refractivity contribution in [3.8, 4) is 5.75 Å². The van der Waals surface area contributed by atoms with Crippen LogP contribution in [0.5, 0.6) is 5.75 Å². The van der Waals surface area contributed by atoms with Crippen LogP contribution in [0.15, 0.2) is 24.3 Å². The lowest BCUT2D eigenvalue weighted by Gasteiger charge is -2.21. The number of hydrogen-bond acceptors (Lipinski definition) is 2. The summed E-state index contributed by atoms with van der Waals surface area (Å²) >= 11 is 0. The molecule has 1 unspecified atom stereocenters. The van der Waals surface area contributed by atoms with E-state index in [0.29, 0.717) is 6.42 Å². The molecule has 114 valence electrons. The smallest absolute Gasteiger partial charge is 0.389 e. The Kier molecular flexibility index (Phi) is 6.33. The Hall–Kier alpha value is -1.23. The van der Waals surface area contributed by atoms with Gasteiger partial charge >= 0.3 is 6.18 Å². The summed E-state index contributed by atoms with van der Waals surface area (Å²) in [5, 5.41) is 3.31. The van der Waals surface area contributed by atoms with Gasteiger partial charge in [-0.3, -0.25) is 0 Å². The van der Waals surface area contributed by atoms with Crippen molar-refractivity contribution < 1.29 is 17.9 Å². The van der Waals surface area contributed by atoms with Crippen molar-refractivity contribution in [1.29, 1.82) is 0 Å². The number of methoxy groups -OCH3 is 1. The molecule has 0 bridgehead atoms. The molecule has 0 amide bonds. The molecule has 1 aromatic carbocycles. The molecule has 0 aromatic heterocycles. The number of hydrogen-bond donors (Lipinski definition) is 1. The molecule has 0 spiro atoms. The van der Waals surface area contributed by atoms with Gasteiger partial charge in [0.05, 0.1) is 7.11 Å². The molecule has 0 radical (unpaired) electrons. The van der Waals surface area contributed by atoms with Crippen molar-refractivity contribution in [2.45, 2.75) is 51.4 Å². The molecule has 1 aromatic rings. The fourth-order valence-corrected chi connectivity index (χ4v) is 2.13. The van der Waals surface area contributed by atoms with Gasteiger partial charge in [-0.15, -0.1) is 0 Å². The van der Waals surface area contributed by atoms with Crippen molar-refractivity contribution in [2.24, 2.45) is 0 Å². The molecule has 0 saturated carbocycles. The Morgan fingerprint density at radius 3 is 2.55 bits per heavy atom. The van der Waals surface area contributed by atoms with Crippen LogP contribution in [0, 0.1) is 0 Å². The van der Waals surface area contributed by atoms with Crippen molar-refractivity contribution in [2.75, 3.05) is 7.11 Å². The second-order valence-corrected chi connectivity index (χ2v) is 5.07. The van der Waals surface area contributed by atoms with Crippen LogP contribution in [0.25, 0.3) is 0 Å². The first-order valence-electron chi connectivity index (χ1n) is 6.78. The second-order valence-electron chi connectivity index (χ2n) is 5.07. The molecule has 20 heavy (non-hydrogen) atoms. The van der Waals surface area contributed by atoms with Gasteiger partial charge in [-0.05, 0) is 44.4 Å². The number of nitrogens with one attached hydrogen (secondary N) is 1. The monoisotopic (exact) mass is 289 g/mol. The summed E-state index contributed by atoms with van der Waals surface area (Å²) < 4.78 is 41.4. The van der Waals surface area contributed by atoms with Crippen LogP contribution in [-0.2, 0) is 0 Å². The van der Waals surface area contributed by atoms with Gasteiger partial charge in [0.15, 0.2) is 0 Å². The highest BCUT2D eigenvalue weighted by atomic mass is 19.4. The van der Waals surface area contributed by atoms with Crippen LogP contribution >= 0.6 is 0 Å². The summed E-state index contributed by atoms with van der Waals surface area (Å²) in [5.74, 6) is 0.779. The molecule has 0 saturated heterocycles. The molecule has 5 heteroatoms. The van der Waals surface area contributed by atoms with E-state index in [4.69, 9.17) is 4.74 Å². The molecule has 1 N–H and O–H groups in total. The molecule has 0 aliphatic carbocycles. The third-order valence-corrected chi connectivity index (χ3v) is 3.23. The topological polar surface area (TPSA) is 21.3 Å². The average Bonchev–Trinajstić information content (AvgIpc) is 2.37. The highest BCUT2D eigenvalue weighted by Crippen LogP contribution is 2.23. The zero-order valence-electron chi connectivity index (χ0n) is 12.1. The average molecular weight is 289 g/mol. The van der Waals surface area contributed by atoms with E-state index in [0.717, 1.165) is 11.3 Å². The number of halogens is 3. The Labute approximate surface area is 118 Å². The van der Waals surface area contributed by atoms with Gasteiger partial charge in [-0.1, -0.05) is 12.1 Å². The number of ether oxygens (including phenoxy) is 1. The predicted molar refractivity (Wildman–Crippen MR) is 73.9 cm³/mol.